The van der Waals surface area contributed by atoms with Crippen molar-refractivity contribution < 1.29 is 24.2 Å². The van der Waals surface area contributed by atoms with Gasteiger partial charge in [-0.15, -0.1) is 5.10 Å². The van der Waals surface area contributed by atoms with Crippen molar-refractivity contribution in [3.05, 3.63) is 41.2 Å². The largest absolute Gasteiger partial charge is 0.497 e. The van der Waals surface area contributed by atoms with Crippen LogP contribution in [0, 0.1) is 5.92 Å². The Labute approximate surface area is 219 Å². The lowest BCUT2D eigenvalue weighted by molar-refractivity contribution is -0.146. The first-order valence-corrected chi connectivity index (χ1v) is 16.0. The van der Waals surface area contributed by atoms with Crippen molar-refractivity contribution in [1.29, 1.82) is 0 Å². The van der Waals surface area contributed by atoms with E-state index in [1.807, 2.05) is 36.3 Å². The number of carbonyl (C=O) groups is 1. The first-order chi connectivity index (χ1) is 17.3. The Morgan fingerprint density at radius 1 is 1.27 bits per heavy atom. The van der Waals surface area contributed by atoms with Gasteiger partial charge in [-0.1, -0.05) is 18.2 Å². The van der Waals surface area contributed by atoms with Crippen LogP contribution < -0.4 is 9.64 Å². The summed E-state index contributed by atoms with van der Waals surface area (Å²) in [5, 5.41) is 17.5. The second-order valence-electron chi connectivity index (χ2n) is 11.8. The van der Waals surface area contributed by atoms with E-state index in [1.165, 1.54) is 0 Å². The van der Waals surface area contributed by atoms with E-state index in [2.05, 4.69) is 44.1 Å². The normalized spacial score (nSPS) is 28.1. The molecule has 0 radical (unpaired) electrons. The summed E-state index contributed by atoms with van der Waals surface area (Å²) in [7, 11) is -1.12. The summed E-state index contributed by atoms with van der Waals surface area (Å²) in [5.74, 6) is 0.371. The molecule has 200 valence electrons. The number of aryl methyl sites for hydroxylation is 1. The molecule has 1 fully saturated rings. The lowest BCUT2D eigenvalue weighted by atomic mass is 9.81. The number of amides is 1. The number of fused-ring (bicyclic) bond motifs is 1. The third-order valence-corrected chi connectivity index (χ3v) is 10.9. The van der Waals surface area contributed by atoms with Gasteiger partial charge in [-0.25, -0.2) is 0 Å². The topological polar surface area (TPSA) is 110 Å². The Morgan fingerprint density at radius 3 is 2.65 bits per heavy atom. The Bertz CT molecular complexity index is 1270. The van der Waals surface area contributed by atoms with E-state index in [0.717, 1.165) is 28.1 Å². The number of rotatable bonds is 7. The van der Waals surface area contributed by atoms with Crippen LogP contribution in [0.25, 0.3) is 5.57 Å². The van der Waals surface area contributed by atoms with Gasteiger partial charge in [0.05, 0.1) is 30.1 Å². The molecule has 2 aromatic rings. The molecular weight excluding hydrogens is 488 g/mol. The van der Waals surface area contributed by atoms with Gasteiger partial charge in [0, 0.05) is 48.4 Å². The van der Waals surface area contributed by atoms with Crippen LogP contribution in [0.3, 0.4) is 0 Å². The predicted molar refractivity (Wildman–Crippen MR) is 143 cm³/mol. The fraction of sp³-hybridized carbons (Fsp3) is 0.593. The van der Waals surface area contributed by atoms with E-state index in [9.17, 15) is 14.7 Å². The average molecular weight is 527 g/mol. The minimum absolute atomic E-state index is 0.0188. The Morgan fingerprint density at radius 2 is 2.00 bits per heavy atom. The van der Waals surface area contributed by atoms with Crippen molar-refractivity contribution in [2.45, 2.75) is 83.0 Å². The molecule has 0 aliphatic carbocycles. The molecule has 37 heavy (non-hydrogen) atoms. The minimum Gasteiger partial charge on any atom is -0.497 e. The summed E-state index contributed by atoms with van der Waals surface area (Å²) < 4.78 is 14.3. The first kappa shape index (κ1) is 26.1. The third-order valence-electron chi connectivity index (χ3n) is 8.36. The van der Waals surface area contributed by atoms with Crippen molar-refractivity contribution >= 4 is 25.5 Å². The maximum absolute atomic E-state index is 14.5. The van der Waals surface area contributed by atoms with Crippen molar-refractivity contribution in [1.82, 2.24) is 15.0 Å². The number of aromatic nitrogens is 3. The number of aliphatic hydroxyl groups excluding tert-OH is 1. The molecule has 1 aromatic carbocycles. The van der Waals surface area contributed by atoms with Crippen LogP contribution in [0.5, 0.6) is 5.75 Å². The number of methoxy groups -OCH3 is 1. The van der Waals surface area contributed by atoms with Gasteiger partial charge in [0.25, 0.3) is 5.91 Å². The zero-order valence-corrected chi connectivity index (χ0v) is 23.8. The van der Waals surface area contributed by atoms with Gasteiger partial charge in [-0.05, 0) is 58.0 Å². The number of carbonyl (C=O) groups excluding carboxylic acids is 1. The summed E-state index contributed by atoms with van der Waals surface area (Å²) >= 11 is 0. The number of nitrogens with zero attached hydrogens (tertiary/aromatic N) is 4. The molecule has 1 amide bonds. The fourth-order valence-corrected chi connectivity index (χ4v) is 9.55. The predicted octanol–water partition coefficient (Wildman–Crippen LogP) is 3.25. The molecule has 9 nitrogen and oxygen atoms in total. The maximum Gasteiger partial charge on any atom is 0.265 e. The summed E-state index contributed by atoms with van der Waals surface area (Å²) in [6.07, 6.45) is 4.65. The van der Waals surface area contributed by atoms with Gasteiger partial charge < -0.3 is 19.4 Å². The van der Waals surface area contributed by atoms with Crippen molar-refractivity contribution in [2.75, 3.05) is 18.6 Å². The summed E-state index contributed by atoms with van der Waals surface area (Å²) in [5.41, 5.74) is 2.63. The van der Waals surface area contributed by atoms with Gasteiger partial charge in [0.2, 0.25) is 0 Å². The van der Waals surface area contributed by atoms with Crippen molar-refractivity contribution in [3.8, 4) is 5.75 Å². The van der Waals surface area contributed by atoms with Crippen LogP contribution >= 0.6 is 0 Å². The number of hydrogen-bond acceptors (Lipinski definition) is 7. The molecule has 3 aliphatic heterocycles. The standard InChI is InChI=1S/C27H38N4O5Si/c1-16-14-26(3,4)31-23-20(16)12-19(35-5)13-21(23)27(25(31)33)17(2)24(37(6,7)34)22(36-27)8-10-30-15-18(9-11-32)28-29-30/h12-15,17,22,24,32,34H,8-11H2,1-7H3/t17-,22+,24-,27+/m1/s1. The number of aliphatic hydroxyl groups is 1. The Balaban J connectivity index is 1.59. The highest BCUT2D eigenvalue weighted by Gasteiger charge is 2.68. The number of hydrogen-bond donors (Lipinski definition) is 2. The first-order valence-electron chi connectivity index (χ1n) is 13.0. The van der Waals surface area contributed by atoms with Gasteiger partial charge in [-0.3, -0.25) is 14.4 Å². The molecule has 3 aliphatic rings. The van der Waals surface area contributed by atoms with Crippen LogP contribution in [-0.2, 0) is 28.1 Å². The molecule has 1 aromatic heterocycles. The quantitative estimate of drug-likeness (QED) is 0.533. The van der Waals surface area contributed by atoms with Gasteiger partial charge in [0.15, 0.2) is 13.9 Å². The third kappa shape index (κ3) is 3.88. The second kappa shape index (κ2) is 8.76. The summed E-state index contributed by atoms with van der Waals surface area (Å²) in [4.78, 5) is 27.9. The van der Waals surface area contributed by atoms with Crippen LogP contribution in [0.2, 0.25) is 18.6 Å². The van der Waals surface area contributed by atoms with Gasteiger partial charge >= 0.3 is 0 Å². The highest BCUT2D eigenvalue weighted by Crippen LogP contribution is 2.63. The van der Waals surface area contributed by atoms with Crippen LogP contribution in [0.1, 0.15) is 50.9 Å². The fourth-order valence-electron chi connectivity index (χ4n) is 6.95. The zero-order valence-electron chi connectivity index (χ0n) is 22.8. The van der Waals surface area contributed by atoms with Crippen LogP contribution in [0.15, 0.2) is 24.4 Å². The minimum atomic E-state index is -2.76. The molecule has 0 saturated carbocycles. The molecule has 1 saturated heterocycles. The molecule has 10 heteroatoms. The maximum atomic E-state index is 14.5. The van der Waals surface area contributed by atoms with Gasteiger partial charge in [0.1, 0.15) is 5.75 Å². The second-order valence-corrected chi connectivity index (χ2v) is 15.8. The Kier molecular flexibility index (Phi) is 6.18. The number of benzene rings is 1. The van der Waals surface area contributed by atoms with Crippen molar-refractivity contribution in [2.24, 2.45) is 5.92 Å². The molecule has 5 rings (SSSR count). The number of ether oxygens (including phenoxy) is 2. The molecule has 0 bridgehead atoms. The van der Waals surface area contributed by atoms with Crippen molar-refractivity contribution in [3.63, 3.8) is 0 Å². The van der Waals surface area contributed by atoms with Gasteiger partial charge in [-0.2, -0.15) is 0 Å². The molecular formula is C27H38N4O5Si. The summed E-state index contributed by atoms with van der Waals surface area (Å²) in [6, 6.07) is 3.94. The van der Waals surface area contributed by atoms with E-state index in [-0.39, 0.29) is 30.1 Å². The smallest absolute Gasteiger partial charge is 0.265 e. The monoisotopic (exact) mass is 526 g/mol. The lowest BCUT2D eigenvalue weighted by Gasteiger charge is -2.39. The molecule has 1 spiro atoms. The highest BCUT2D eigenvalue weighted by atomic mass is 28.4. The molecule has 4 atom stereocenters. The van der Waals surface area contributed by atoms with Crippen LogP contribution in [-0.4, -0.2) is 64.5 Å². The van der Waals surface area contributed by atoms with E-state index in [4.69, 9.17) is 9.47 Å². The van der Waals surface area contributed by atoms with E-state index >= 15 is 0 Å². The highest BCUT2D eigenvalue weighted by molar-refractivity contribution is 6.71. The zero-order chi connectivity index (χ0) is 26.9. The average Bonchev–Trinajstić information content (AvgIpc) is 3.45. The Hall–Kier alpha value is -2.53. The lowest BCUT2D eigenvalue weighted by Crippen LogP contribution is -2.53. The van der Waals surface area contributed by atoms with Crippen LogP contribution in [0.4, 0.5) is 5.69 Å². The number of anilines is 1. The number of allylic oxidation sites excluding steroid dienone is 1. The molecule has 2 N–H and O–H groups in total. The molecule has 4 heterocycles. The summed E-state index contributed by atoms with van der Waals surface area (Å²) in [6.45, 7) is 12.7. The van der Waals surface area contributed by atoms with E-state index in [1.54, 1.807) is 11.8 Å². The molecule has 0 unspecified atom stereocenters. The SMILES string of the molecule is COc1cc2c3c(c1)[C@]1(O[C@@H](CCn4cc(CCO)nn4)[C@H]([Si](C)(C)O)[C@H]1C)C(=O)N3C(C)(C)C=C2C. The van der Waals surface area contributed by atoms with E-state index < -0.39 is 19.5 Å². The van der Waals surface area contributed by atoms with E-state index in [0.29, 0.717) is 25.1 Å².